The predicted octanol–water partition coefficient (Wildman–Crippen LogP) is 0.528. The first kappa shape index (κ1) is 7.92. The Balaban J connectivity index is 3.10. The highest BCUT2D eigenvalue weighted by molar-refractivity contribution is 4.55. The van der Waals surface area contributed by atoms with Crippen molar-refractivity contribution in [2.75, 3.05) is 0 Å². The summed E-state index contributed by atoms with van der Waals surface area (Å²) < 4.78 is 0. The van der Waals surface area contributed by atoms with E-state index in [0.29, 0.717) is 6.42 Å². The molecule has 0 aliphatic carbocycles. The second-order valence-electron chi connectivity index (χ2n) is 2.15. The molecule has 0 aromatic heterocycles. The lowest BCUT2D eigenvalue weighted by Gasteiger charge is -2.08. The maximum atomic E-state index is 8.87. The Bertz CT molecular complexity index is 52.5. The maximum Gasteiger partial charge on any atom is 0.0562 e. The minimum atomic E-state index is -0.370. The fraction of sp³-hybridized carbons (Fsp3) is 1.00. The van der Waals surface area contributed by atoms with Gasteiger partial charge in [-0.25, -0.2) is 0 Å². The van der Waals surface area contributed by atoms with Gasteiger partial charge < -0.3 is 10.2 Å². The number of aliphatic hydroxyl groups excluding tert-OH is 2. The van der Waals surface area contributed by atoms with Gasteiger partial charge in [0.15, 0.2) is 0 Å². The van der Waals surface area contributed by atoms with E-state index in [9.17, 15) is 0 Å². The molecule has 0 radical (unpaired) electrons. The topological polar surface area (TPSA) is 40.5 Å². The Morgan fingerprint density at radius 3 is 2.00 bits per heavy atom. The zero-order valence-corrected chi connectivity index (χ0v) is 5.46. The SMILES string of the molecule is CCC(O)CC(C)O. The molecule has 0 aliphatic rings. The van der Waals surface area contributed by atoms with Crippen molar-refractivity contribution in [3.63, 3.8) is 0 Å². The average molecular weight is 118 g/mol. The normalized spacial score (nSPS) is 18.0. The summed E-state index contributed by atoms with van der Waals surface area (Å²) in [6.07, 6.45) is 0.529. The van der Waals surface area contributed by atoms with Crippen LogP contribution in [0.25, 0.3) is 0 Å². The van der Waals surface area contributed by atoms with Crippen molar-refractivity contribution in [3.8, 4) is 0 Å². The third kappa shape index (κ3) is 4.09. The third-order valence-corrected chi connectivity index (χ3v) is 1.08. The van der Waals surface area contributed by atoms with Crippen LogP contribution in [0.5, 0.6) is 0 Å². The van der Waals surface area contributed by atoms with Gasteiger partial charge in [-0.1, -0.05) is 6.92 Å². The van der Waals surface area contributed by atoms with Gasteiger partial charge in [-0.15, -0.1) is 0 Å². The van der Waals surface area contributed by atoms with Crippen molar-refractivity contribution in [2.24, 2.45) is 0 Å². The molecule has 8 heavy (non-hydrogen) atoms. The second kappa shape index (κ2) is 3.87. The van der Waals surface area contributed by atoms with Crippen LogP contribution < -0.4 is 0 Å². The van der Waals surface area contributed by atoms with E-state index < -0.39 is 0 Å². The molecule has 0 aliphatic heterocycles. The monoisotopic (exact) mass is 118 g/mol. The fourth-order valence-electron chi connectivity index (χ4n) is 0.560. The largest absolute Gasteiger partial charge is 0.393 e. The van der Waals surface area contributed by atoms with Gasteiger partial charge in [0, 0.05) is 0 Å². The van der Waals surface area contributed by atoms with Crippen LogP contribution in [-0.2, 0) is 0 Å². The smallest absolute Gasteiger partial charge is 0.0562 e. The Morgan fingerprint density at radius 2 is 1.88 bits per heavy atom. The van der Waals surface area contributed by atoms with Gasteiger partial charge in [-0.2, -0.15) is 0 Å². The van der Waals surface area contributed by atoms with Crippen LogP contribution in [0.3, 0.4) is 0 Å². The quantitative estimate of drug-likeness (QED) is 0.567. The van der Waals surface area contributed by atoms with Gasteiger partial charge in [0.25, 0.3) is 0 Å². The number of rotatable bonds is 3. The second-order valence-corrected chi connectivity index (χ2v) is 2.15. The van der Waals surface area contributed by atoms with Crippen LogP contribution in [0.1, 0.15) is 26.7 Å². The number of hydrogen-bond donors (Lipinski definition) is 2. The predicted molar refractivity (Wildman–Crippen MR) is 32.6 cm³/mol. The first-order valence-corrected chi connectivity index (χ1v) is 3.03. The van der Waals surface area contributed by atoms with Crippen molar-refractivity contribution in [3.05, 3.63) is 0 Å². The van der Waals surface area contributed by atoms with E-state index in [0.717, 1.165) is 6.42 Å². The molecular formula is C6H14O2. The number of aliphatic hydroxyl groups is 2. The summed E-state index contributed by atoms with van der Waals surface area (Å²) in [5.74, 6) is 0. The number of hydrogen-bond acceptors (Lipinski definition) is 2. The molecule has 0 bridgehead atoms. The zero-order chi connectivity index (χ0) is 6.57. The molecule has 0 aromatic rings. The molecule has 0 saturated heterocycles. The summed E-state index contributed by atoms with van der Waals surface area (Å²) in [5.41, 5.74) is 0. The first-order valence-electron chi connectivity index (χ1n) is 3.03. The Kier molecular flexibility index (Phi) is 3.83. The lowest BCUT2D eigenvalue weighted by Crippen LogP contribution is -2.13. The molecule has 0 saturated carbocycles. The Morgan fingerprint density at radius 1 is 1.38 bits per heavy atom. The van der Waals surface area contributed by atoms with Crippen LogP contribution in [-0.4, -0.2) is 22.4 Å². The minimum Gasteiger partial charge on any atom is -0.393 e. The lowest BCUT2D eigenvalue weighted by atomic mass is 10.1. The third-order valence-electron chi connectivity index (χ3n) is 1.08. The van der Waals surface area contributed by atoms with Crippen molar-refractivity contribution in [1.29, 1.82) is 0 Å². The molecule has 0 rings (SSSR count). The van der Waals surface area contributed by atoms with Gasteiger partial charge in [-0.05, 0) is 19.8 Å². The van der Waals surface area contributed by atoms with Crippen LogP contribution in [0, 0.1) is 0 Å². The van der Waals surface area contributed by atoms with Crippen molar-refractivity contribution in [2.45, 2.75) is 38.9 Å². The Labute approximate surface area is 50.2 Å². The lowest BCUT2D eigenvalue weighted by molar-refractivity contribution is 0.0883. The summed E-state index contributed by atoms with van der Waals surface area (Å²) in [5, 5.41) is 17.6. The highest BCUT2D eigenvalue weighted by Crippen LogP contribution is 1.99. The molecule has 0 fully saturated rings. The molecule has 0 aromatic carbocycles. The minimum absolute atomic E-state index is 0.324. The van der Waals surface area contributed by atoms with E-state index in [1.165, 1.54) is 0 Å². The van der Waals surface area contributed by atoms with Gasteiger partial charge in [-0.3, -0.25) is 0 Å². The molecule has 2 heteroatoms. The fourth-order valence-corrected chi connectivity index (χ4v) is 0.560. The molecule has 0 heterocycles. The molecule has 2 atom stereocenters. The highest BCUT2D eigenvalue weighted by atomic mass is 16.3. The summed E-state index contributed by atoms with van der Waals surface area (Å²) in [6.45, 7) is 3.58. The van der Waals surface area contributed by atoms with E-state index in [-0.39, 0.29) is 12.2 Å². The van der Waals surface area contributed by atoms with Crippen LogP contribution in [0.2, 0.25) is 0 Å². The average Bonchev–Trinajstić information content (AvgIpc) is 1.65. The van der Waals surface area contributed by atoms with Gasteiger partial charge in [0.05, 0.1) is 12.2 Å². The van der Waals surface area contributed by atoms with Crippen molar-refractivity contribution in [1.82, 2.24) is 0 Å². The summed E-state index contributed by atoms with van der Waals surface area (Å²) in [4.78, 5) is 0. The van der Waals surface area contributed by atoms with Crippen LogP contribution in [0.4, 0.5) is 0 Å². The summed E-state index contributed by atoms with van der Waals surface area (Å²) >= 11 is 0. The van der Waals surface area contributed by atoms with E-state index in [1.807, 2.05) is 6.92 Å². The summed E-state index contributed by atoms with van der Waals surface area (Å²) in [6, 6.07) is 0. The molecule has 2 N–H and O–H groups in total. The van der Waals surface area contributed by atoms with Crippen molar-refractivity contribution < 1.29 is 10.2 Å². The molecule has 2 nitrogen and oxygen atoms in total. The Hall–Kier alpha value is -0.0800. The zero-order valence-electron chi connectivity index (χ0n) is 5.46. The molecule has 0 spiro atoms. The standard InChI is InChI=1S/C6H14O2/c1-3-6(8)4-5(2)7/h5-8H,3-4H2,1-2H3. The van der Waals surface area contributed by atoms with E-state index in [1.54, 1.807) is 6.92 Å². The highest BCUT2D eigenvalue weighted by Gasteiger charge is 2.03. The van der Waals surface area contributed by atoms with Crippen molar-refractivity contribution >= 4 is 0 Å². The van der Waals surface area contributed by atoms with E-state index >= 15 is 0 Å². The van der Waals surface area contributed by atoms with Crippen LogP contribution in [0.15, 0.2) is 0 Å². The molecule has 50 valence electrons. The molecular weight excluding hydrogens is 104 g/mol. The van der Waals surface area contributed by atoms with Gasteiger partial charge in [0.2, 0.25) is 0 Å². The summed E-state index contributed by atoms with van der Waals surface area (Å²) in [7, 11) is 0. The van der Waals surface area contributed by atoms with E-state index in [4.69, 9.17) is 10.2 Å². The molecule has 0 amide bonds. The maximum absolute atomic E-state index is 8.87. The van der Waals surface area contributed by atoms with Crippen LogP contribution >= 0.6 is 0 Å². The van der Waals surface area contributed by atoms with Gasteiger partial charge in [0.1, 0.15) is 0 Å². The van der Waals surface area contributed by atoms with Gasteiger partial charge >= 0.3 is 0 Å². The first-order chi connectivity index (χ1) is 3.66. The molecule has 2 unspecified atom stereocenters. The van der Waals surface area contributed by atoms with E-state index in [2.05, 4.69) is 0 Å².